The Bertz CT molecular complexity index is 677. The smallest absolute Gasteiger partial charge is 0.233 e. The van der Waals surface area contributed by atoms with E-state index >= 15 is 0 Å². The summed E-state index contributed by atoms with van der Waals surface area (Å²) < 4.78 is 23.6. The number of benzene rings is 2. The number of carbonyl (C=O) groups excluding carboxylic acids is 1. The average molecular weight is 249 g/mol. The van der Waals surface area contributed by atoms with Crippen molar-refractivity contribution in [1.82, 2.24) is 0 Å². The first-order valence-electron chi connectivity index (χ1n) is 4.99. The topological polar surface area (TPSA) is 77.2 Å². The van der Waals surface area contributed by atoms with E-state index in [4.69, 9.17) is 5.73 Å². The van der Waals surface area contributed by atoms with Crippen molar-refractivity contribution in [2.75, 3.05) is 5.75 Å². The maximum atomic E-state index is 11.8. The molecule has 0 fully saturated rings. The highest BCUT2D eigenvalue weighted by Gasteiger charge is 2.17. The molecule has 0 bridgehead atoms. The van der Waals surface area contributed by atoms with Crippen LogP contribution in [-0.2, 0) is 14.6 Å². The van der Waals surface area contributed by atoms with Crippen LogP contribution in [0.15, 0.2) is 47.4 Å². The number of fused-ring (bicyclic) bond motifs is 1. The molecule has 0 unspecified atom stereocenters. The molecule has 0 spiro atoms. The second-order valence-corrected chi connectivity index (χ2v) is 5.72. The molecule has 0 atom stereocenters. The minimum absolute atomic E-state index is 0.120. The fourth-order valence-electron chi connectivity index (χ4n) is 1.63. The van der Waals surface area contributed by atoms with Gasteiger partial charge in [-0.1, -0.05) is 30.3 Å². The van der Waals surface area contributed by atoms with Gasteiger partial charge in [0.25, 0.3) is 0 Å². The SMILES string of the molecule is NC(=O)CS(=O)(=O)c1ccc2ccccc2c1. The summed E-state index contributed by atoms with van der Waals surface area (Å²) in [6.45, 7) is 0. The third-order valence-electron chi connectivity index (χ3n) is 2.41. The van der Waals surface area contributed by atoms with Gasteiger partial charge in [-0.15, -0.1) is 0 Å². The van der Waals surface area contributed by atoms with E-state index in [2.05, 4.69) is 0 Å². The molecule has 2 rings (SSSR count). The van der Waals surface area contributed by atoms with Gasteiger partial charge in [-0.05, 0) is 22.9 Å². The minimum Gasteiger partial charge on any atom is -0.369 e. The van der Waals surface area contributed by atoms with Gasteiger partial charge in [0.2, 0.25) is 5.91 Å². The van der Waals surface area contributed by atoms with E-state index in [0.717, 1.165) is 10.8 Å². The summed E-state index contributed by atoms with van der Waals surface area (Å²) in [5, 5.41) is 1.77. The summed E-state index contributed by atoms with van der Waals surface area (Å²) in [5.74, 6) is -1.51. The van der Waals surface area contributed by atoms with Crippen LogP contribution in [0.1, 0.15) is 0 Å². The van der Waals surface area contributed by atoms with Gasteiger partial charge in [-0.3, -0.25) is 4.79 Å². The van der Waals surface area contributed by atoms with Crippen LogP contribution in [0.4, 0.5) is 0 Å². The van der Waals surface area contributed by atoms with Gasteiger partial charge in [-0.2, -0.15) is 0 Å². The molecule has 1 amide bonds. The van der Waals surface area contributed by atoms with Gasteiger partial charge in [-0.25, -0.2) is 8.42 Å². The van der Waals surface area contributed by atoms with E-state index in [1.54, 1.807) is 12.1 Å². The zero-order valence-electron chi connectivity index (χ0n) is 8.96. The van der Waals surface area contributed by atoms with Crippen molar-refractivity contribution in [1.29, 1.82) is 0 Å². The Kier molecular flexibility index (Phi) is 2.85. The lowest BCUT2D eigenvalue weighted by Crippen LogP contribution is -2.23. The predicted molar refractivity (Wildman–Crippen MR) is 65.2 cm³/mol. The van der Waals surface area contributed by atoms with Gasteiger partial charge in [0, 0.05) is 0 Å². The van der Waals surface area contributed by atoms with Crippen molar-refractivity contribution in [3.8, 4) is 0 Å². The normalized spacial score (nSPS) is 11.5. The molecule has 0 saturated carbocycles. The first-order valence-corrected chi connectivity index (χ1v) is 6.64. The van der Waals surface area contributed by atoms with Crippen LogP contribution in [0.25, 0.3) is 10.8 Å². The van der Waals surface area contributed by atoms with Gasteiger partial charge >= 0.3 is 0 Å². The molecule has 17 heavy (non-hydrogen) atoms. The van der Waals surface area contributed by atoms with Crippen molar-refractivity contribution >= 4 is 26.5 Å². The summed E-state index contributed by atoms with van der Waals surface area (Å²) in [6, 6.07) is 12.2. The Morgan fingerprint density at radius 3 is 2.35 bits per heavy atom. The molecule has 4 nitrogen and oxygen atoms in total. The lowest BCUT2D eigenvalue weighted by Gasteiger charge is -2.03. The first kappa shape index (κ1) is 11.6. The highest BCUT2D eigenvalue weighted by atomic mass is 32.2. The third-order valence-corrected chi connectivity index (χ3v) is 4.05. The zero-order valence-corrected chi connectivity index (χ0v) is 9.78. The number of rotatable bonds is 3. The average Bonchev–Trinajstić information content (AvgIpc) is 2.26. The highest BCUT2D eigenvalue weighted by Crippen LogP contribution is 2.19. The molecule has 0 heterocycles. The van der Waals surface area contributed by atoms with Crippen LogP contribution in [0.5, 0.6) is 0 Å². The summed E-state index contributed by atoms with van der Waals surface area (Å²) >= 11 is 0. The van der Waals surface area contributed by atoms with Crippen LogP contribution in [0, 0.1) is 0 Å². The van der Waals surface area contributed by atoms with Gasteiger partial charge < -0.3 is 5.73 Å². The molecule has 88 valence electrons. The molecule has 0 aromatic heterocycles. The van der Waals surface area contributed by atoms with E-state index in [0.29, 0.717) is 0 Å². The first-order chi connectivity index (χ1) is 7.99. The Morgan fingerprint density at radius 2 is 1.71 bits per heavy atom. The van der Waals surface area contributed by atoms with E-state index in [1.807, 2.05) is 24.3 Å². The molecule has 0 aliphatic carbocycles. The van der Waals surface area contributed by atoms with Crippen LogP contribution >= 0.6 is 0 Å². The van der Waals surface area contributed by atoms with Gasteiger partial charge in [0.15, 0.2) is 9.84 Å². The van der Waals surface area contributed by atoms with E-state index in [1.165, 1.54) is 6.07 Å². The molecule has 5 heteroatoms. The second kappa shape index (κ2) is 4.18. The van der Waals surface area contributed by atoms with E-state index < -0.39 is 21.5 Å². The molecular formula is C12H11NO3S. The Labute approximate surface area is 99.0 Å². The molecule has 2 N–H and O–H groups in total. The maximum absolute atomic E-state index is 11.8. The molecule has 0 aliphatic rings. The minimum atomic E-state index is -3.63. The molecule has 2 aromatic carbocycles. The summed E-state index contributed by atoms with van der Waals surface area (Å²) in [6.07, 6.45) is 0. The van der Waals surface area contributed by atoms with Gasteiger partial charge in [0.1, 0.15) is 5.75 Å². The Balaban J connectivity index is 2.53. The number of carbonyl (C=O) groups is 1. The fraction of sp³-hybridized carbons (Fsp3) is 0.0833. The quantitative estimate of drug-likeness (QED) is 0.884. The number of hydrogen-bond donors (Lipinski definition) is 1. The van der Waals surface area contributed by atoms with E-state index in [9.17, 15) is 13.2 Å². The largest absolute Gasteiger partial charge is 0.369 e. The Morgan fingerprint density at radius 1 is 1.06 bits per heavy atom. The molecule has 0 saturated heterocycles. The van der Waals surface area contributed by atoms with Crippen molar-refractivity contribution in [2.24, 2.45) is 5.73 Å². The third kappa shape index (κ3) is 2.45. The summed E-state index contributed by atoms with van der Waals surface area (Å²) in [5.41, 5.74) is 4.91. The number of nitrogens with two attached hydrogens (primary N) is 1. The molecule has 0 radical (unpaired) electrons. The summed E-state index contributed by atoms with van der Waals surface area (Å²) in [4.78, 5) is 10.8. The van der Waals surface area contributed by atoms with Crippen LogP contribution < -0.4 is 5.73 Å². The van der Waals surface area contributed by atoms with Crippen molar-refractivity contribution in [3.63, 3.8) is 0 Å². The number of amides is 1. The Hall–Kier alpha value is -1.88. The van der Waals surface area contributed by atoms with Crippen molar-refractivity contribution < 1.29 is 13.2 Å². The predicted octanol–water partition coefficient (Wildman–Crippen LogP) is 1.10. The van der Waals surface area contributed by atoms with Crippen LogP contribution in [-0.4, -0.2) is 20.1 Å². The number of sulfone groups is 1. The van der Waals surface area contributed by atoms with Crippen molar-refractivity contribution in [3.05, 3.63) is 42.5 Å². The van der Waals surface area contributed by atoms with E-state index in [-0.39, 0.29) is 4.90 Å². The highest BCUT2D eigenvalue weighted by molar-refractivity contribution is 7.92. The lowest BCUT2D eigenvalue weighted by atomic mass is 10.1. The maximum Gasteiger partial charge on any atom is 0.233 e. The van der Waals surface area contributed by atoms with Gasteiger partial charge in [0.05, 0.1) is 4.90 Å². The molecule has 2 aromatic rings. The van der Waals surface area contributed by atoms with Crippen molar-refractivity contribution in [2.45, 2.75) is 4.90 Å². The standard InChI is InChI=1S/C12H11NO3S/c13-12(14)8-17(15,16)11-6-5-9-3-1-2-4-10(9)7-11/h1-7H,8H2,(H2,13,14). The van der Waals surface area contributed by atoms with Crippen LogP contribution in [0.2, 0.25) is 0 Å². The molecule has 0 aliphatic heterocycles. The lowest BCUT2D eigenvalue weighted by molar-refractivity contribution is -0.115. The van der Waals surface area contributed by atoms with Crippen LogP contribution in [0.3, 0.4) is 0 Å². The summed E-state index contributed by atoms with van der Waals surface area (Å²) in [7, 11) is -3.63. The zero-order chi connectivity index (χ0) is 12.5. The number of primary amides is 1. The fourth-order valence-corrected chi connectivity index (χ4v) is 2.75. The molecular weight excluding hydrogens is 238 g/mol. The number of hydrogen-bond acceptors (Lipinski definition) is 3. The monoisotopic (exact) mass is 249 g/mol. The second-order valence-electron chi connectivity index (χ2n) is 3.73.